The first-order chi connectivity index (χ1) is 7.24. The molecule has 0 aliphatic heterocycles. The SMILES string of the molecule is CC=CC1=C(C)CC(C)c2ccccc21. The smallest absolute Gasteiger partial charge is 0.0147 e. The lowest BCUT2D eigenvalue weighted by molar-refractivity contribution is 0.738. The summed E-state index contributed by atoms with van der Waals surface area (Å²) in [5.41, 5.74) is 5.86. The van der Waals surface area contributed by atoms with Crippen molar-refractivity contribution >= 4 is 5.57 Å². The summed E-state index contributed by atoms with van der Waals surface area (Å²) >= 11 is 0. The molecule has 0 aromatic heterocycles. The van der Waals surface area contributed by atoms with Crippen LogP contribution >= 0.6 is 0 Å². The van der Waals surface area contributed by atoms with E-state index in [9.17, 15) is 0 Å². The molecule has 0 bridgehead atoms. The van der Waals surface area contributed by atoms with Crippen LogP contribution in [-0.2, 0) is 0 Å². The maximum absolute atomic E-state index is 2.31. The molecule has 0 spiro atoms. The fourth-order valence-electron chi connectivity index (χ4n) is 2.48. The van der Waals surface area contributed by atoms with Crippen molar-refractivity contribution in [1.82, 2.24) is 0 Å². The lowest BCUT2D eigenvalue weighted by Gasteiger charge is -2.25. The van der Waals surface area contributed by atoms with Crippen molar-refractivity contribution in [2.24, 2.45) is 0 Å². The lowest BCUT2D eigenvalue weighted by Crippen LogP contribution is -2.06. The number of hydrogen-bond acceptors (Lipinski definition) is 0. The molecule has 78 valence electrons. The van der Waals surface area contributed by atoms with Crippen LogP contribution in [0.15, 0.2) is 42.0 Å². The Morgan fingerprint density at radius 2 is 2.00 bits per heavy atom. The fourth-order valence-corrected chi connectivity index (χ4v) is 2.48. The van der Waals surface area contributed by atoms with Crippen molar-refractivity contribution in [3.05, 3.63) is 53.1 Å². The molecule has 1 aliphatic carbocycles. The van der Waals surface area contributed by atoms with Crippen molar-refractivity contribution in [2.45, 2.75) is 33.1 Å². The molecule has 0 nitrogen and oxygen atoms in total. The molecule has 1 aliphatic rings. The molecule has 1 aromatic rings. The van der Waals surface area contributed by atoms with Crippen LogP contribution in [0.4, 0.5) is 0 Å². The molecule has 0 N–H and O–H groups in total. The van der Waals surface area contributed by atoms with E-state index in [-0.39, 0.29) is 0 Å². The Balaban J connectivity index is 2.60. The van der Waals surface area contributed by atoms with Gasteiger partial charge >= 0.3 is 0 Å². The van der Waals surface area contributed by atoms with Gasteiger partial charge in [0.1, 0.15) is 0 Å². The minimum absolute atomic E-state index is 0.662. The van der Waals surface area contributed by atoms with Crippen molar-refractivity contribution in [1.29, 1.82) is 0 Å². The van der Waals surface area contributed by atoms with Gasteiger partial charge in [0.05, 0.1) is 0 Å². The quantitative estimate of drug-likeness (QED) is 0.621. The third-order valence-corrected chi connectivity index (χ3v) is 3.19. The molecular formula is C15H18. The molecule has 2 rings (SSSR count). The normalized spacial score (nSPS) is 20.9. The minimum atomic E-state index is 0.662. The van der Waals surface area contributed by atoms with Gasteiger partial charge < -0.3 is 0 Å². The van der Waals surface area contributed by atoms with Gasteiger partial charge in [0.2, 0.25) is 0 Å². The molecule has 0 radical (unpaired) electrons. The number of rotatable bonds is 1. The summed E-state index contributed by atoms with van der Waals surface area (Å²) in [5.74, 6) is 0.662. The van der Waals surface area contributed by atoms with Crippen LogP contribution in [0.2, 0.25) is 0 Å². The van der Waals surface area contributed by atoms with Crippen molar-refractivity contribution < 1.29 is 0 Å². The van der Waals surface area contributed by atoms with Crippen LogP contribution in [0, 0.1) is 0 Å². The summed E-state index contributed by atoms with van der Waals surface area (Å²) in [6, 6.07) is 8.77. The Labute approximate surface area is 92.3 Å². The van der Waals surface area contributed by atoms with Gasteiger partial charge in [-0.05, 0) is 42.9 Å². The molecule has 1 atom stereocenters. The van der Waals surface area contributed by atoms with Gasteiger partial charge in [0.15, 0.2) is 0 Å². The minimum Gasteiger partial charge on any atom is -0.0870 e. The molecular weight excluding hydrogens is 180 g/mol. The van der Waals surface area contributed by atoms with Crippen molar-refractivity contribution in [3.8, 4) is 0 Å². The predicted molar refractivity (Wildman–Crippen MR) is 66.9 cm³/mol. The highest BCUT2D eigenvalue weighted by Crippen LogP contribution is 2.38. The zero-order valence-electron chi connectivity index (χ0n) is 9.75. The van der Waals surface area contributed by atoms with Gasteiger partial charge in [0, 0.05) is 0 Å². The zero-order chi connectivity index (χ0) is 10.8. The highest BCUT2D eigenvalue weighted by molar-refractivity contribution is 5.80. The van der Waals surface area contributed by atoms with Crippen LogP contribution in [0.1, 0.15) is 44.2 Å². The van der Waals surface area contributed by atoms with Crippen LogP contribution in [-0.4, -0.2) is 0 Å². The summed E-state index contributed by atoms with van der Waals surface area (Å²) in [6.45, 7) is 6.65. The Hall–Kier alpha value is -1.30. The summed E-state index contributed by atoms with van der Waals surface area (Å²) in [7, 11) is 0. The third kappa shape index (κ3) is 1.77. The topological polar surface area (TPSA) is 0 Å². The molecule has 0 heterocycles. The molecule has 0 fully saturated rings. The second kappa shape index (κ2) is 4.06. The Bertz CT molecular complexity index is 421. The van der Waals surface area contributed by atoms with E-state index in [1.165, 1.54) is 28.7 Å². The molecule has 0 heteroatoms. The zero-order valence-corrected chi connectivity index (χ0v) is 9.75. The number of benzene rings is 1. The second-order valence-corrected chi connectivity index (χ2v) is 4.39. The third-order valence-electron chi connectivity index (χ3n) is 3.19. The van der Waals surface area contributed by atoms with Gasteiger partial charge in [-0.2, -0.15) is 0 Å². The summed E-state index contributed by atoms with van der Waals surface area (Å²) in [5, 5.41) is 0. The monoisotopic (exact) mass is 198 g/mol. The fraction of sp³-hybridized carbons (Fsp3) is 0.333. The predicted octanol–water partition coefficient (Wildman–Crippen LogP) is 4.54. The van der Waals surface area contributed by atoms with Crippen LogP contribution in [0.5, 0.6) is 0 Å². The number of fused-ring (bicyclic) bond motifs is 1. The van der Waals surface area contributed by atoms with Crippen molar-refractivity contribution in [2.75, 3.05) is 0 Å². The van der Waals surface area contributed by atoms with E-state index in [2.05, 4.69) is 57.2 Å². The van der Waals surface area contributed by atoms with Crippen molar-refractivity contribution in [3.63, 3.8) is 0 Å². The maximum Gasteiger partial charge on any atom is -0.0147 e. The molecule has 0 saturated heterocycles. The molecule has 0 amide bonds. The van der Waals surface area contributed by atoms with Crippen LogP contribution in [0.25, 0.3) is 5.57 Å². The standard InChI is InChI=1S/C15H18/c1-4-7-13-11(2)10-12(3)14-8-5-6-9-15(13)14/h4-9,12H,10H2,1-3H3. The van der Waals surface area contributed by atoms with Gasteiger partial charge in [-0.15, -0.1) is 0 Å². The number of hydrogen-bond donors (Lipinski definition) is 0. The molecule has 1 aromatic carbocycles. The second-order valence-electron chi connectivity index (χ2n) is 4.39. The summed E-state index contributed by atoms with van der Waals surface area (Å²) in [4.78, 5) is 0. The average Bonchev–Trinajstić information content (AvgIpc) is 2.24. The summed E-state index contributed by atoms with van der Waals surface area (Å²) < 4.78 is 0. The Kier molecular flexibility index (Phi) is 2.77. The van der Waals surface area contributed by atoms with E-state index in [4.69, 9.17) is 0 Å². The Morgan fingerprint density at radius 3 is 2.73 bits per heavy atom. The first kappa shape index (κ1) is 10.2. The van der Waals surface area contributed by atoms with E-state index >= 15 is 0 Å². The largest absolute Gasteiger partial charge is 0.0870 e. The van der Waals surface area contributed by atoms with E-state index in [1.54, 1.807) is 0 Å². The highest BCUT2D eigenvalue weighted by Gasteiger charge is 2.19. The van der Waals surface area contributed by atoms with Crippen LogP contribution < -0.4 is 0 Å². The first-order valence-corrected chi connectivity index (χ1v) is 5.65. The maximum atomic E-state index is 2.31. The number of allylic oxidation sites excluding steroid dienone is 4. The molecule has 15 heavy (non-hydrogen) atoms. The van der Waals surface area contributed by atoms with E-state index in [0.29, 0.717) is 5.92 Å². The highest BCUT2D eigenvalue weighted by atomic mass is 14.2. The molecule has 0 saturated carbocycles. The lowest BCUT2D eigenvalue weighted by atomic mass is 9.80. The summed E-state index contributed by atoms with van der Waals surface area (Å²) in [6.07, 6.45) is 5.56. The Morgan fingerprint density at radius 1 is 1.27 bits per heavy atom. The molecule has 1 unspecified atom stereocenters. The van der Waals surface area contributed by atoms with Gasteiger partial charge in [-0.3, -0.25) is 0 Å². The van der Waals surface area contributed by atoms with E-state index < -0.39 is 0 Å². The van der Waals surface area contributed by atoms with Gasteiger partial charge in [0.25, 0.3) is 0 Å². The first-order valence-electron chi connectivity index (χ1n) is 5.65. The van der Waals surface area contributed by atoms with Gasteiger partial charge in [-0.25, -0.2) is 0 Å². The van der Waals surface area contributed by atoms with Gasteiger partial charge in [-0.1, -0.05) is 48.9 Å². The average molecular weight is 198 g/mol. The van der Waals surface area contributed by atoms with E-state index in [0.717, 1.165) is 0 Å². The van der Waals surface area contributed by atoms with E-state index in [1.807, 2.05) is 0 Å². The van der Waals surface area contributed by atoms with Crippen LogP contribution in [0.3, 0.4) is 0 Å².